The van der Waals surface area contributed by atoms with Crippen LogP contribution in [-0.2, 0) is 51.3 Å². The molecule has 6 amide bonds. The van der Waals surface area contributed by atoms with Gasteiger partial charge in [-0.15, -0.1) is 0 Å². The van der Waals surface area contributed by atoms with Crippen molar-refractivity contribution < 1.29 is 42.7 Å². The zero-order chi connectivity index (χ0) is 52.1. The van der Waals surface area contributed by atoms with Crippen LogP contribution in [-0.4, -0.2) is 129 Å². The molecule has 0 bridgehead atoms. The number of benzene rings is 1. The molecule has 0 aliphatic carbocycles. The van der Waals surface area contributed by atoms with Gasteiger partial charge in [-0.3, -0.25) is 28.8 Å². The molecule has 2 aromatic heterocycles. The Bertz CT molecular complexity index is 2360. The summed E-state index contributed by atoms with van der Waals surface area (Å²) < 4.78 is 21.5. The lowest BCUT2D eigenvalue weighted by Gasteiger charge is -2.35. The molecule has 0 spiro atoms. The molecule has 7 atom stereocenters. The molecular formula is C52H74FN9O8. The zero-order valence-electron chi connectivity index (χ0n) is 43.0. The van der Waals surface area contributed by atoms with E-state index in [1.54, 1.807) is 6.07 Å². The highest BCUT2D eigenvalue weighted by atomic mass is 19.1. The van der Waals surface area contributed by atoms with Crippen molar-refractivity contribution >= 4 is 52.3 Å². The lowest BCUT2D eigenvalue weighted by atomic mass is 9.96. The fourth-order valence-corrected chi connectivity index (χ4v) is 8.76. The first-order valence-electron chi connectivity index (χ1n) is 24.4. The summed E-state index contributed by atoms with van der Waals surface area (Å²) >= 11 is 0. The first-order valence-corrected chi connectivity index (χ1v) is 24.4. The van der Waals surface area contributed by atoms with Crippen LogP contribution in [0.3, 0.4) is 0 Å². The summed E-state index contributed by atoms with van der Waals surface area (Å²) in [6.07, 6.45) is 2.03. The van der Waals surface area contributed by atoms with Crippen LogP contribution in [0.4, 0.5) is 4.39 Å². The maximum atomic E-state index is 15.1. The Balaban J connectivity index is 1.92. The topological polar surface area (TPSA) is 216 Å². The number of amides is 6. The number of carbonyl (C=O) groups is 7. The maximum absolute atomic E-state index is 15.1. The highest BCUT2D eigenvalue weighted by Gasteiger charge is 2.40. The normalized spacial score (nSPS) is 23.2. The molecule has 382 valence electrons. The average molecular weight is 972 g/mol. The van der Waals surface area contributed by atoms with E-state index in [2.05, 4.69) is 20.9 Å². The lowest BCUT2D eigenvalue weighted by molar-refractivity contribution is -0.163. The van der Waals surface area contributed by atoms with Crippen LogP contribution in [0.1, 0.15) is 112 Å². The number of aromatic nitrogens is 2. The second kappa shape index (κ2) is 25.5. The Kier molecular flexibility index (Phi) is 20.5. The summed E-state index contributed by atoms with van der Waals surface area (Å²) in [6, 6.07) is 5.22. The minimum absolute atomic E-state index is 0.0394. The van der Waals surface area contributed by atoms with Crippen LogP contribution in [0.2, 0.25) is 0 Å². The lowest BCUT2D eigenvalue weighted by Crippen LogP contribution is -2.60. The van der Waals surface area contributed by atoms with Crippen LogP contribution in [0, 0.1) is 41.0 Å². The van der Waals surface area contributed by atoms with Gasteiger partial charge in [-0.2, -0.15) is 9.65 Å². The highest BCUT2D eigenvalue weighted by Crippen LogP contribution is 2.26. The van der Waals surface area contributed by atoms with Gasteiger partial charge in [0.1, 0.15) is 36.3 Å². The number of halogens is 1. The van der Waals surface area contributed by atoms with Gasteiger partial charge in [0.15, 0.2) is 6.10 Å². The van der Waals surface area contributed by atoms with Crippen molar-refractivity contribution in [3.8, 4) is 6.07 Å². The third-order valence-corrected chi connectivity index (χ3v) is 12.7. The van der Waals surface area contributed by atoms with E-state index in [0.29, 0.717) is 12.1 Å². The van der Waals surface area contributed by atoms with Crippen LogP contribution in [0.5, 0.6) is 0 Å². The summed E-state index contributed by atoms with van der Waals surface area (Å²) in [6.45, 7) is 16.8. The summed E-state index contributed by atoms with van der Waals surface area (Å²) in [7, 11) is 4.33. The Morgan fingerprint density at radius 2 is 1.19 bits per heavy atom. The zero-order valence-corrected chi connectivity index (χ0v) is 43.0. The molecule has 0 saturated carbocycles. The number of rotatable bonds is 14. The van der Waals surface area contributed by atoms with E-state index >= 15 is 9.59 Å². The summed E-state index contributed by atoms with van der Waals surface area (Å²) in [5.74, 6) is -6.00. The number of nitrogens with zero attached hydrogens (tertiary/aromatic N) is 6. The number of nitriles is 1. The number of cyclic esters (lactones) is 1. The van der Waals surface area contributed by atoms with Gasteiger partial charge in [0.25, 0.3) is 5.91 Å². The van der Waals surface area contributed by atoms with E-state index in [-0.39, 0.29) is 68.6 Å². The monoisotopic (exact) mass is 972 g/mol. The van der Waals surface area contributed by atoms with Crippen molar-refractivity contribution in [3.63, 3.8) is 0 Å². The number of nitrogens with one attached hydrogen (secondary N) is 3. The van der Waals surface area contributed by atoms with Gasteiger partial charge in [-0.25, -0.2) is 9.78 Å². The SMILES string of the molecule is CC(C)C[C@@H]1NC(=O)[C@H](Cc2cn(Cc3ccc(F)nc3)c3ccccc23)N(C)C(=O)[C@H](CC(C)C)NC(=O)[C@H](CC(C)C)N(C)C(=O)[C@H](CC(C)C)NC(=O)[C@@H](CCC#N)OC(=O)[C@H](C)N(C)C1=O. The van der Waals surface area contributed by atoms with Gasteiger partial charge in [-0.1, -0.05) is 79.7 Å². The Morgan fingerprint density at radius 3 is 1.70 bits per heavy atom. The van der Waals surface area contributed by atoms with Crippen LogP contribution >= 0.6 is 0 Å². The van der Waals surface area contributed by atoms with Crippen molar-refractivity contribution in [1.29, 1.82) is 5.26 Å². The molecule has 0 radical (unpaired) electrons. The van der Waals surface area contributed by atoms with Gasteiger partial charge in [0, 0.05) is 70.2 Å². The predicted molar refractivity (Wildman–Crippen MR) is 263 cm³/mol. The van der Waals surface area contributed by atoms with Gasteiger partial charge < -0.3 is 40.0 Å². The minimum Gasteiger partial charge on any atom is -0.451 e. The van der Waals surface area contributed by atoms with Gasteiger partial charge in [0.05, 0.1) is 6.07 Å². The fourth-order valence-electron chi connectivity index (χ4n) is 8.76. The van der Waals surface area contributed by atoms with Crippen molar-refractivity contribution in [2.75, 3.05) is 21.1 Å². The third-order valence-electron chi connectivity index (χ3n) is 12.7. The van der Waals surface area contributed by atoms with Crippen molar-refractivity contribution in [2.45, 2.75) is 156 Å². The number of carbonyl (C=O) groups excluding carboxylic acids is 7. The number of hydrogen-bond donors (Lipinski definition) is 3. The first-order chi connectivity index (χ1) is 32.9. The molecule has 1 aliphatic rings. The molecule has 18 heteroatoms. The Hall–Kier alpha value is -6.38. The number of pyridine rings is 1. The maximum Gasteiger partial charge on any atom is 0.329 e. The molecule has 1 aliphatic heterocycles. The fraction of sp³-hybridized carbons (Fsp3) is 0.596. The minimum atomic E-state index is -1.52. The Labute approximate surface area is 412 Å². The largest absolute Gasteiger partial charge is 0.451 e. The molecule has 1 saturated heterocycles. The van der Waals surface area contributed by atoms with Gasteiger partial charge in [-0.05, 0) is 79.5 Å². The summed E-state index contributed by atoms with van der Waals surface area (Å²) in [5, 5.41) is 18.9. The second-order valence-electron chi connectivity index (χ2n) is 20.4. The quantitative estimate of drug-likeness (QED) is 0.143. The molecule has 3 heterocycles. The average Bonchev–Trinajstić information content (AvgIpc) is 3.64. The standard InChI is InChI=1S/C52H74FN9O8/c1-30(2)22-38-49(66)59(10)34(9)52(69)70-44(18-15-21-54)48(65)58-40(24-32(5)6)51(68)60(11)42(25-33(7)8)46(63)57-39(23-31(3)4)50(67)61(12)43(47(64)56-38)26-36-29-62(41-17-14-13-16-37(36)41)28-35-19-20-45(53)55-27-35/h13-14,16-17,19-20,27,29-34,38-40,42-44H,15,18,22-26,28H2,1-12H3,(H,56,64)(H,57,63)(H,58,65)/t34-,38-,39-,40-,42-,43-,44+/m0/s1. The second-order valence-corrected chi connectivity index (χ2v) is 20.4. The number of ether oxygens (including phenoxy) is 1. The third kappa shape index (κ3) is 15.1. The number of esters is 1. The molecule has 70 heavy (non-hydrogen) atoms. The van der Waals surface area contributed by atoms with E-state index in [1.807, 2.05) is 96.5 Å². The molecule has 4 rings (SSSR count). The van der Waals surface area contributed by atoms with Gasteiger partial charge in [0.2, 0.25) is 35.5 Å². The molecule has 0 unspecified atom stereocenters. The van der Waals surface area contributed by atoms with E-state index in [0.717, 1.165) is 21.4 Å². The number of para-hydroxylation sites is 1. The molecule has 3 aromatic rings. The highest BCUT2D eigenvalue weighted by molar-refractivity contribution is 5.98. The van der Waals surface area contributed by atoms with Crippen molar-refractivity contribution in [1.82, 2.24) is 40.2 Å². The number of hydrogen-bond acceptors (Lipinski definition) is 10. The van der Waals surface area contributed by atoms with E-state index in [9.17, 15) is 33.6 Å². The predicted octanol–water partition coefficient (Wildman–Crippen LogP) is 5.14. The van der Waals surface area contributed by atoms with Crippen LogP contribution in [0.25, 0.3) is 10.9 Å². The molecule has 3 N–H and O–H groups in total. The molecular weight excluding hydrogens is 898 g/mol. The number of likely N-dealkylation sites (N-methyl/N-ethyl adjacent to an activating group) is 3. The number of fused-ring (bicyclic) bond motifs is 1. The smallest absolute Gasteiger partial charge is 0.329 e. The Morgan fingerprint density at radius 1 is 0.686 bits per heavy atom. The van der Waals surface area contributed by atoms with Crippen LogP contribution < -0.4 is 16.0 Å². The molecule has 1 aromatic carbocycles. The van der Waals surface area contributed by atoms with E-state index in [4.69, 9.17) is 4.74 Å². The first kappa shape index (κ1) is 56.2. The summed E-state index contributed by atoms with van der Waals surface area (Å²) in [4.78, 5) is 109. The molecule has 17 nitrogen and oxygen atoms in total. The van der Waals surface area contributed by atoms with Gasteiger partial charge >= 0.3 is 5.97 Å². The van der Waals surface area contributed by atoms with Crippen LogP contribution in [0.15, 0.2) is 48.8 Å². The van der Waals surface area contributed by atoms with E-state index in [1.165, 1.54) is 50.1 Å². The summed E-state index contributed by atoms with van der Waals surface area (Å²) in [5.41, 5.74) is 2.21. The van der Waals surface area contributed by atoms with E-state index < -0.39 is 89.7 Å². The molecule has 1 fully saturated rings. The van der Waals surface area contributed by atoms with Crippen molar-refractivity contribution in [2.24, 2.45) is 23.7 Å². The van der Waals surface area contributed by atoms with Crippen molar-refractivity contribution in [3.05, 3.63) is 65.9 Å².